The maximum atomic E-state index is 13.0. The third-order valence-electron chi connectivity index (χ3n) is 4.72. The van der Waals surface area contributed by atoms with E-state index in [1.54, 1.807) is 21.0 Å². The molecule has 0 aliphatic heterocycles. The van der Waals surface area contributed by atoms with Gasteiger partial charge in [-0.1, -0.05) is 0 Å². The van der Waals surface area contributed by atoms with E-state index in [9.17, 15) is 27.9 Å². The van der Waals surface area contributed by atoms with Gasteiger partial charge in [0.05, 0.1) is 16.6 Å². The summed E-state index contributed by atoms with van der Waals surface area (Å²) in [6.07, 6.45) is -3.71. The second-order valence-corrected chi connectivity index (χ2v) is 7.61. The fourth-order valence-corrected chi connectivity index (χ4v) is 3.40. The lowest BCUT2D eigenvalue weighted by atomic mass is 9.77. The molecule has 0 atom stereocenters. The summed E-state index contributed by atoms with van der Waals surface area (Å²) in [4.78, 5) is 26.4. The molecule has 0 radical (unpaired) electrons. The molecule has 1 aliphatic carbocycles. The molecule has 0 spiro atoms. The smallest absolute Gasteiger partial charge is 0.390 e. The number of hydrogen-bond acceptors (Lipinski definition) is 5. The van der Waals surface area contributed by atoms with E-state index in [1.165, 1.54) is 4.90 Å². The number of rotatable bonds is 4. The highest BCUT2D eigenvalue weighted by Crippen LogP contribution is 2.33. The Morgan fingerprint density at radius 1 is 1.36 bits per heavy atom. The molecule has 1 heterocycles. The van der Waals surface area contributed by atoms with E-state index in [1.807, 2.05) is 0 Å². The largest absolute Gasteiger partial charge is 0.416 e. The molecule has 0 saturated heterocycles. The van der Waals surface area contributed by atoms with Gasteiger partial charge in [0, 0.05) is 25.5 Å². The van der Waals surface area contributed by atoms with Crippen molar-refractivity contribution in [1.29, 1.82) is 0 Å². The molecule has 3 rings (SSSR count). The lowest BCUT2D eigenvalue weighted by Gasteiger charge is -2.41. The van der Waals surface area contributed by atoms with Crippen molar-refractivity contribution in [3.8, 4) is 0 Å². The molecule has 2 aromatic rings. The summed E-state index contributed by atoms with van der Waals surface area (Å²) in [5.74, 6) is -0.300. The Kier molecular flexibility index (Phi) is 4.86. The molecule has 1 aromatic carbocycles. The number of benzene rings is 1. The molecule has 2 N–H and O–H groups in total. The molecule has 152 valence electrons. The van der Waals surface area contributed by atoms with Gasteiger partial charge in [0.15, 0.2) is 5.82 Å². The summed E-state index contributed by atoms with van der Waals surface area (Å²) >= 11 is 0. The SMILES string of the molecule is CN(C)c1nn(CC(=O)N[C@H]2C[C@@](C)(O)C2)c(=O)c2ccc(C(F)(F)F)cc12. The first-order valence-electron chi connectivity index (χ1n) is 8.68. The number of nitrogens with zero attached hydrogens (tertiary/aromatic N) is 3. The quantitative estimate of drug-likeness (QED) is 0.815. The summed E-state index contributed by atoms with van der Waals surface area (Å²) in [6, 6.07) is 2.65. The standard InChI is InChI=1S/C18H21F3N4O3/c1-17(28)7-11(8-17)22-14(26)9-25-16(27)12-5-4-10(18(19,20)21)6-13(12)15(23-25)24(2)3/h4-6,11,28H,7-9H2,1-3H3,(H,22,26)/t11-,17+. The van der Waals surface area contributed by atoms with E-state index in [4.69, 9.17) is 0 Å². The van der Waals surface area contributed by atoms with Crippen molar-refractivity contribution >= 4 is 22.5 Å². The van der Waals surface area contributed by atoms with Crippen molar-refractivity contribution in [2.45, 2.75) is 44.1 Å². The van der Waals surface area contributed by atoms with Crippen LogP contribution in [-0.4, -0.2) is 46.5 Å². The molecular weight excluding hydrogens is 377 g/mol. The van der Waals surface area contributed by atoms with Gasteiger partial charge in [-0.3, -0.25) is 9.59 Å². The van der Waals surface area contributed by atoms with E-state index in [0.717, 1.165) is 22.9 Å². The number of halogens is 3. The zero-order valence-electron chi connectivity index (χ0n) is 15.7. The van der Waals surface area contributed by atoms with Crippen LogP contribution in [0.2, 0.25) is 0 Å². The topological polar surface area (TPSA) is 87.5 Å². The van der Waals surface area contributed by atoms with Gasteiger partial charge >= 0.3 is 6.18 Å². The number of carbonyl (C=O) groups excluding carboxylic acids is 1. The molecule has 10 heteroatoms. The lowest BCUT2D eigenvalue weighted by Crippen LogP contribution is -2.54. The maximum absolute atomic E-state index is 13.0. The highest BCUT2D eigenvalue weighted by molar-refractivity contribution is 5.92. The van der Waals surface area contributed by atoms with Crippen molar-refractivity contribution in [2.24, 2.45) is 0 Å². The summed E-state index contributed by atoms with van der Waals surface area (Å²) in [6.45, 7) is 1.30. The van der Waals surface area contributed by atoms with E-state index in [-0.39, 0.29) is 29.2 Å². The van der Waals surface area contributed by atoms with Crippen LogP contribution >= 0.6 is 0 Å². The average Bonchev–Trinajstić information content (AvgIpc) is 2.54. The minimum absolute atomic E-state index is 0.0473. The molecule has 1 aliphatic rings. The van der Waals surface area contributed by atoms with Crippen molar-refractivity contribution in [2.75, 3.05) is 19.0 Å². The first-order valence-corrected chi connectivity index (χ1v) is 8.68. The second kappa shape index (κ2) is 6.77. The van der Waals surface area contributed by atoms with E-state index < -0.39 is 28.8 Å². The molecular formula is C18H21F3N4O3. The Hall–Kier alpha value is -2.62. The van der Waals surface area contributed by atoms with E-state index in [0.29, 0.717) is 12.8 Å². The zero-order valence-corrected chi connectivity index (χ0v) is 15.7. The van der Waals surface area contributed by atoms with Crippen LogP contribution in [0.3, 0.4) is 0 Å². The van der Waals surface area contributed by atoms with E-state index >= 15 is 0 Å². The molecule has 28 heavy (non-hydrogen) atoms. The Bertz CT molecular complexity index is 974. The van der Waals surface area contributed by atoms with Crippen molar-refractivity contribution in [3.63, 3.8) is 0 Å². The first kappa shape index (κ1) is 20.1. The lowest BCUT2D eigenvalue weighted by molar-refractivity contribution is -0.137. The van der Waals surface area contributed by atoms with Crippen LogP contribution in [0.25, 0.3) is 10.8 Å². The Morgan fingerprint density at radius 3 is 2.54 bits per heavy atom. The van der Waals surface area contributed by atoms with Crippen molar-refractivity contribution in [1.82, 2.24) is 15.1 Å². The van der Waals surface area contributed by atoms with Crippen LogP contribution in [0.15, 0.2) is 23.0 Å². The third kappa shape index (κ3) is 3.96. The number of anilines is 1. The van der Waals surface area contributed by atoms with Gasteiger partial charge in [0.2, 0.25) is 5.91 Å². The summed E-state index contributed by atoms with van der Waals surface area (Å²) in [5.41, 5.74) is -2.33. The van der Waals surface area contributed by atoms with Gasteiger partial charge < -0.3 is 15.3 Å². The van der Waals surface area contributed by atoms with Crippen LogP contribution in [0.5, 0.6) is 0 Å². The van der Waals surface area contributed by atoms with Crippen LogP contribution in [0, 0.1) is 0 Å². The van der Waals surface area contributed by atoms with Crippen LogP contribution in [0.4, 0.5) is 19.0 Å². The van der Waals surface area contributed by atoms with Gasteiger partial charge in [-0.25, -0.2) is 4.68 Å². The molecule has 0 unspecified atom stereocenters. The van der Waals surface area contributed by atoms with Gasteiger partial charge in [-0.15, -0.1) is 0 Å². The summed E-state index contributed by atoms with van der Waals surface area (Å²) in [5, 5.41) is 16.6. The number of fused-ring (bicyclic) bond motifs is 1. The number of aliphatic hydroxyl groups is 1. The normalized spacial score (nSPS) is 22.0. The Labute approximate surface area is 158 Å². The molecule has 1 aromatic heterocycles. The third-order valence-corrected chi connectivity index (χ3v) is 4.72. The second-order valence-electron chi connectivity index (χ2n) is 7.61. The molecule has 1 amide bonds. The van der Waals surface area contributed by atoms with Crippen LogP contribution in [-0.2, 0) is 17.5 Å². The predicted molar refractivity (Wildman–Crippen MR) is 97.1 cm³/mol. The number of hydrogen-bond donors (Lipinski definition) is 2. The monoisotopic (exact) mass is 398 g/mol. The maximum Gasteiger partial charge on any atom is 0.416 e. The molecule has 7 nitrogen and oxygen atoms in total. The van der Waals surface area contributed by atoms with Gasteiger partial charge in [0.25, 0.3) is 5.56 Å². The number of amides is 1. The van der Waals surface area contributed by atoms with Gasteiger partial charge in [-0.05, 0) is 38.0 Å². The fourth-order valence-electron chi connectivity index (χ4n) is 3.40. The molecule has 0 bridgehead atoms. The highest BCUT2D eigenvalue weighted by atomic mass is 19.4. The highest BCUT2D eigenvalue weighted by Gasteiger charge is 2.39. The fraction of sp³-hybridized carbons (Fsp3) is 0.500. The number of alkyl halides is 3. The first-order chi connectivity index (χ1) is 12.9. The van der Waals surface area contributed by atoms with Crippen molar-refractivity contribution < 1.29 is 23.1 Å². The number of aromatic nitrogens is 2. The zero-order chi connectivity index (χ0) is 20.9. The average molecular weight is 398 g/mol. The van der Waals surface area contributed by atoms with Gasteiger partial charge in [0.1, 0.15) is 6.54 Å². The molecule has 1 fully saturated rings. The predicted octanol–water partition coefficient (Wildman–Crippen LogP) is 1.51. The van der Waals surface area contributed by atoms with Crippen LogP contribution < -0.4 is 15.8 Å². The minimum Gasteiger partial charge on any atom is -0.390 e. The Morgan fingerprint density at radius 2 is 2.00 bits per heavy atom. The van der Waals surface area contributed by atoms with E-state index in [2.05, 4.69) is 10.4 Å². The number of nitrogens with one attached hydrogen (secondary N) is 1. The minimum atomic E-state index is -4.55. The van der Waals surface area contributed by atoms with Crippen molar-refractivity contribution in [3.05, 3.63) is 34.1 Å². The van der Waals surface area contributed by atoms with Crippen LogP contribution in [0.1, 0.15) is 25.3 Å². The number of carbonyl (C=O) groups is 1. The Balaban J connectivity index is 1.94. The summed E-state index contributed by atoms with van der Waals surface area (Å²) < 4.78 is 40.0. The summed E-state index contributed by atoms with van der Waals surface area (Å²) in [7, 11) is 3.18. The van der Waals surface area contributed by atoms with Gasteiger partial charge in [-0.2, -0.15) is 18.3 Å². The molecule has 1 saturated carbocycles.